The summed E-state index contributed by atoms with van der Waals surface area (Å²) in [6.45, 7) is 2.33. The summed E-state index contributed by atoms with van der Waals surface area (Å²) in [5, 5.41) is 3.87. The topological polar surface area (TPSA) is 67.2 Å². The number of rotatable bonds is 4. The predicted molar refractivity (Wildman–Crippen MR) is 93.0 cm³/mol. The fraction of sp³-hybridized carbons (Fsp3) is 0.529. The third kappa shape index (κ3) is 3.25. The van der Waals surface area contributed by atoms with Gasteiger partial charge in [0, 0.05) is 43.5 Å². The van der Waals surface area contributed by atoms with Gasteiger partial charge in [-0.15, -0.1) is 0 Å². The summed E-state index contributed by atoms with van der Waals surface area (Å²) >= 11 is 0. The number of anilines is 2. The molecular formula is C17H20F2N6O. The average Bonchev–Trinajstić information content (AvgIpc) is 3.12. The largest absolute Gasteiger partial charge is 0.367 e. The van der Waals surface area contributed by atoms with Gasteiger partial charge in [0.25, 0.3) is 12.0 Å². The van der Waals surface area contributed by atoms with Crippen LogP contribution in [0.2, 0.25) is 0 Å². The molecule has 0 saturated carbocycles. The molecule has 4 rings (SSSR count). The van der Waals surface area contributed by atoms with E-state index in [4.69, 9.17) is 0 Å². The van der Waals surface area contributed by atoms with Crippen LogP contribution >= 0.6 is 0 Å². The summed E-state index contributed by atoms with van der Waals surface area (Å²) in [5.74, 6) is 1.03. The molecule has 2 aromatic heterocycles. The van der Waals surface area contributed by atoms with Crippen LogP contribution in [0.5, 0.6) is 0 Å². The van der Waals surface area contributed by atoms with E-state index in [9.17, 15) is 13.6 Å². The van der Waals surface area contributed by atoms with Crippen LogP contribution in [0.25, 0.3) is 0 Å². The van der Waals surface area contributed by atoms with Crippen molar-refractivity contribution in [3.05, 3.63) is 40.2 Å². The predicted octanol–water partition coefficient (Wildman–Crippen LogP) is 1.11. The molecule has 2 aliphatic rings. The van der Waals surface area contributed by atoms with Gasteiger partial charge in [-0.05, 0) is 19.3 Å². The molecule has 26 heavy (non-hydrogen) atoms. The zero-order valence-corrected chi connectivity index (χ0v) is 14.3. The smallest absolute Gasteiger partial charge is 0.269 e. The fourth-order valence-electron chi connectivity index (χ4n) is 3.66. The zero-order chi connectivity index (χ0) is 18.1. The van der Waals surface area contributed by atoms with Crippen LogP contribution in [0, 0.1) is 0 Å². The van der Waals surface area contributed by atoms with Gasteiger partial charge in [-0.3, -0.25) is 4.79 Å². The number of alkyl halides is 2. The van der Waals surface area contributed by atoms with Gasteiger partial charge < -0.3 is 9.80 Å². The molecule has 2 aromatic rings. The van der Waals surface area contributed by atoms with Gasteiger partial charge in [0.1, 0.15) is 18.7 Å². The lowest BCUT2D eigenvalue weighted by Crippen LogP contribution is -2.47. The second-order valence-corrected chi connectivity index (χ2v) is 6.58. The molecule has 0 spiro atoms. The molecular weight excluding hydrogens is 342 g/mol. The Kier molecular flexibility index (Phi) is 4.52. The van der Waals surface area contributed by atoms with Crippen molar-refractivity contribution in [1.29, 1.82) is 0 Å². The van der Waals surface area contributed by atoms with Crippen molar-refractivity contribution in [2.24, 2.45) is 0 Å². The number of hydrogen-bond donors (Lipinski definition) is 0. The molecule has 3 heterocycles. The number of aryl methyl sites for hydroxylation is 1. The van der Waals surface area contributed by atoms with Crippen molar-refractivity contribution in [3.8, 4) is 0 Å². The van der Waals surface area contributed by atoms with E-state index in [1.54, 1.807) is 6.33 Å². The molecule has 0 atom stereocenters. The second kappa shape index (κ2) is 6.97. The van der Waals surface area contributed by atoms with Gasteiger partial charge in [0.2, 0.25) is 0 Å². The van der Waals surface area contributed by atoms with Crippen molar-refractivity contribution < 1.29 is 8.78 Å². The molecule has 0 amide bonds. The molecule has 1 fully saturated rings. The van der Waals surface area contributed by atoms with E-state index in [2.05, 4.69) is 24.9 Å². The minimum absolute atomic E-state index is 0.501. The maximum absolute atomic E-state index is 12.4. The third-order valence-electron chi connectivity index (χ3n) is 4.96. The van der Waals surface area contributed by atoms with Crippen molar-refractivity contribution in [1.82, 2.24) is 19.7 Å². The summed E-state index contributed by atoms with van der Waals surface area (Å²) < 4.78 is 25.7. The number of fused-ring (bicyclic) bond motifs is 1. The van der Waals surface area contributed by atoms with Gasteiger partial charge >= 0.3 is 0 Å². The summed E-state index contributed by atoms with van der Waals surface area (Å²) in [6, 6.07) is 1.38. The van der Waals surface area contributed by atoms with Gasteiger partial charge in [0.05, 0.1) is 11.9 Å². The molecule has 0 aromatic carbocycles. The Balaban J connectivity index is 1.45. The summed E-state index contributed by atoms with van der Waals surface area (Å²) in [4.78, 5) is 25.1. The van der Waals surface area contributed by atoms with E-state index in [0.717, 1.165) is 61.6 Å². The Bertz CT molecular complexity index is 847. The molecule has 0 bridgehead atoms. The van der Waals surface area contributed by atoms with Crippen LogP contribution in [-0.4, -0.2) is 52.4 Å². The van der Waals surface area contributed by atoms with Crippen LogP contribution in [0.15, 0.2) is 23.4 Å². The van der Waals surface area contributed by atoms with Crippen molar-refractivity contribution in [2.45, 2.75) is 32.2 Å². The molecule has 0 N–H and O–H groups in total. The minimum Gasteiger partial charge on any atom is -0.367 e. The van der Waals surface area contributed by atoms with Crippen LogP contribution in [0.1, 0.15) is 17.7 Å². The number of hydrogen-bond acceptors (Lipinski definition) is 6. The first-order chi connectivity index (χ1) is 12.6. The van der Waals surface area contributed by atoms with E-state index in [1.807, 2.05) is 0 Å². The highest BCUT2D eigenvalue weighted by atomic mass is 19.3. The SMILES string of the molecule is O=c1cc(N2CCN(c3ncnc4c3CCC4)CC2)cnn1CC(F)F. The highest BCUT2D eigenvalue weighted by molar-refractivity contribution is 5.53. The van der Waals surface area contributed by atoms with Gasteiger partial charge in [-0.2, -0.15) is 5.10 Å². The molecule has 0 radical (unpaired) electrons. The highest BCUT2D eigenvalue weighted by Gasteiger charge is 2.24. The molecule has 138 valence electrons. The van der Waals surface area contributed by atoms with E-state index >= 15 is 0 Å². The van der Waals surface area contributed by atoms with Crippen molar-refractivity contribution in [3.63, 3.8) is 0 Å². The summed E-state index contributed by atoms with van der Waals surface area (Å²) in [7, 11) is 0. The maximum Gasteiger partial charge on any atom is 0.269 e. The minimum atomic E-state index is -2.59. The van der Waals surface area contributed by atoms with Crippen molar-refractivity contribution in [2.75, 3.05) is 36.0 Å². The van der Waals surface area contributed by atoms with E-state index in [0.29, 0.717) is 5.69 Å². The summed E-state index contributed by atoms with van der Waals surface area (Å²) in [6.07, 6.45) is 3.70. The maximum atomic E-state index is 12.4. The molecule has 7 nitrogen and oxygen atoms in total. The Morgan fingerprint density at radius 1 is 1.08 bits per heavy atom. The number of halogens is 2. The van der Waals surface area contributed by atoms with Crippen LogP contribution in [-0.2, 0) is 19.4 Å². The quantitative estimate of drug-likeness (QED) is 0.812. The van der Waals surface area contributed by atoms with Gasteiger partial charge in [-0.25, -0.2) is 23.4 Å². The average molecular weight is 362 g/mol. The number of aromatic nitrogens is 4. The highest BCUT2D eigenvalue weighted by Crippen LogP contribution is 2.28. The number of nitrogens with zero attached hydrogens (tertiary/aromatic N) is 6. The fourth-order valence-corrected chi connectivity index (χ4v) is 3.66. The van der Waals surface area contributed by atoms with Gasteiger partial charge in [0.15, 0.2) is 0 Å². The molecule has 9 heteroatoms. The van der Waals surface area contributed by atoms with E-state index in [-0.39, 0.29) is 0 Å². The molecule has 0 unspecified atom stereocenters. The lowest BCUT2D eigenvalue weighted by Gasteiger charge is -2.37. The first-order valence-electron chi connectivity index (χ1n) is 8.80. The molecule has 1 aliphatic carbocycles. The van der Waals surface area contributed by atoms with E-state index in [1.165, 1.54) is 17.8 Å². The van der Waals surface area contributed by atoms with Crippen molar-refractivity contribution >= 4 is 11.5 Å². The zero-order valence-electron chi connectivity index (χ0n) is 14.3. The standard InChI is InChI=1S/C17H20F2N6O/c18-15(19)10-25-16(26)8-12(9-22-25)23-4-6-24(7-5-23)17-13-2-1-3-14(13)20-11-21-17/h8-9,11,15H,1-7,10H2. The third-order valence-corrected chi connectivity index (χ3v) is 4.96. The van der Waals surface area contributed by atoms with Crippen LogP contribution in [0.4, 0.5) is 20.3 Å². The van der Waals surface area contributed by atoms with E-state index < -0.39 is 18.5 Å². The first kappa shape index (κ1) is 16.9. The van der Waals surface area contributed by atoms with Crippen LogP contribution < -0.4 is 15.4 Å². The Labute approximate surface area is 149 Å². The van der Waals surface area contributed by atoms with Gasteiger partial charge in [-0.1, -0.05) is 0 Å². The Morgan fingerprint density at radius 2 is 1.85 bits per heavy atom. The Hall–Kier alpha value is -2.58. The second-order valence-electron chi connectivity index (χ2n) is 6.58. The molecule has 1 aliphatic heterocycles. The van der Waals surface area contributed by atoms with Crippen LogP contribution in [0.3, 0.4) is 0 Å². The lowest BCUT2D eigenvalue weighted by atomic mass is 10.2. The normalized spacial score (nSPS) is 17.0. The monoisotopic (exact) mass is 362 g/mol. The Morgan fingerprint density at radius 3 is 2.58 bits per heavy atom. The first-order valence-corrected chi connectivity index (χ1v) is 8.80. The summed E-state index contributed by atoms with van der Waals surface area (Å²) in [5.41, 5.74) is 2.59. The lowest BCUT2D eigenvalue weighted by molar-refractivity contribution is 0.119. The molecule has 1 saturated heterocycles. The number of piperazine rings is 1.